The molecule has 0 aliphatic heterocycles. The highest BCUT2D eigenvalue weighted by Crippen LogP contribution is 2.10. The average Bonchev–Trinajstić information content (AvgIpc) is 2.35. The van der Waals surface area contributed by atoms with Crippen LogP contribution in [0.2, 0.25) is 0 Å². The van der Waals surface area contributed by atoms with Crippen LogP contribution in [0.3, 0.4) is 0 Å². The Morgan fingerprint density at radius 2 is 2.12 bits per heavy atom. The van der Waals surface area contributed by atoms with Gasteiger partial charge < -0.3 is 20.9 Å². The van der Waals surface area contributed by atoms with E-state index in [2.05, 4.69) is 5.32 Å². The van der Waals surface area contributed by atoms with E-state index in [0.717, 1.165) is 11.3 Å². The molecule has 0 aliphatic carbocycles. The van der Waals surface area contributed by atoms with E-state index in [0.29, 0.717) is 6.54 Å². The van der Waals surface area contributed by atoms with Gasteiger partial charge in [-0.1, -0.05) is 12.1 Å². The first-order chi connectivity index (χ1) is 7.67. The number of aliphatic hydroxyl groups excluding tert-OH is 1. The molecule has 1 atom stereocenters. The minimum absolute atomic E-state index is 0.0750. The number of carbonyl (C=O) groups excluding carboxylic acids is 1. The lowest BCUT2D eigenvalue weighted by atomic mass is 10.2. The van der Waals surface area contributed by atoms with Crippen molar-refractivity contribution < 1.29 is 14.6 Å². The number of ether oxygens (including phenoxy) is 1. The van der Waals surface area contributed by atoms with Gasteiger partial charge in [0.05, 0.1) is 7.11 Å². The van der Waals surface area contributed by atoms with Gasteiger partial charge in [0, 0.05) is 13.1 Å². The topological polar surface area (TPSA) is 84.6 Å². The van der Waals surface area contributed by atoms with Crippen LogP contribution in [0.1, 0.15) is 5.56 Å². The third-order valence-corrected chi connectivity index (χ3v) is 2.15. The van der Waals surface area contributed by atoms with Crippen molar-refractivity contribution in [1.29, 1.82) is 0 Å². The fourth-order valence-electron chi connectivity index (χ4n) is 1.16. The third-order valence-electron chi connectivity index (χ3n) is 2.15. The number of benzene rings is 1. The molecular weight excluding hydrogens is 208 g/mol. The number of amides is 1. The lowest BCUT2D eigenvalue weighted by molar-refractivity contribution is -0.128. The Kier molecular flexibility index (Phi) is 4.75. The summed E-state index contributed by atoms with van der Waals surface area (Å²) in [6.07, 6.45) is -1.14. The second kappa shape index (κ2) is 6.09. The first-order valence-electron chi connectivity index (χ1n) is 4.96. The standard InChI is InChI=1S/C11H16N2O3/c1-16-9-4-2-8(3-5-9)7-13-11(15)10(14)6-12/h2-5,10,14H,6-7,12H2,1H3,(H,13,15). The van der Waals surface area contributed by atoms with E-state index in [1.54, 1.807) is 19.2 Å². The number of aliphatic hydroxyl groups is 1. The smallest absolute Gasteiger partial charge is 0.250 e. The maximum Gasteiger partial charge on any atom is 0.250 e. The summed E-state index contributed by atoms with van der Waals surface area (Å²) < 4.78 is 5.01. The Hall–Kier alpha value is -1.59. The van der Waals surface area contributed by atoms with Crippen LogP contribution < -0.4 is 15.8 Å². The van der Waals surface area contributed by atoms with Crippen LogP contribution >= 0.6 is 0 Å². The van der Waals surface area contributed by atoms with Crippen molar-refractivity contribution in [1.82, 2.24) is 5.32 Å². The van der Waals surface area contributed by atoms with Gasteiger partial charge in [-0.05, 0) is 17.7 Å². The summed E-state index contributed by atoms with van der Waals surface area (Å²) >= 11 is 0. The van der Waals surface area contributed by atoms with Crippen LogP contribution in [0.5, 0.6) is 5.75 Å². The van der Waals surface area contributed by atoms with Crippen molar-refractivity contribution in [2.24, 2.45) is 5.73 Å². The normalized spacial score (nSPS) is 11.9. The largest absolute Gasteiger partial charge is 0.497 e. The fraction of sp³-hybridized carbons (Fsp3) is 0.364. The molecule has 0 saturated heterocycles. The Bertz CT molecular complexity index is 338. The Morgan fingerprint density at radius 1 is 1.50 bits per heavy atom. The van der Waals surface area contributed by atoms with Crippen LogP contribution in [0.4, 0.5) is 0 Å². The average molecular weight is 224 g/mol. The number of hydrogen-bond acceptors (Lipinski definition) is 4. The predicted octanol–water partition coefficient (Wildman–Crippen LogP) is -0.369. The van der Waals surface area contributed by atoms with E-state index in [9.17, 15) is 4.79 Å². The molecule has 1 aromatic carbocycles. The molecule has 1 aromatic rings. The molecule has 16 heavy (non-hydrogen) atoms. The van der Waals surface area contributed by atoms with Gasteiger partial charge in [-0.2, -0.15) is 0 Å². The minimum Gasteiger partial charge on any atom is -0.497 e. The third kappa shape index (κ3) is 3.52. The number of rotatable bonds is 5. The first kappa shape index (κ1) is 12.5. The highest BCUT2D eigenvalue weighted by molar-refractivity contribution is 5.80. The van der Waals surface area contributed by atoms with Crippen LogP contribution in [0.15, 0.2) is 24.3 Å². The van der Waals surface area contributed by atoms with Gasteiger partial charge in [0.2, 0.25) is 5.91 Å². The Balaban J connectivity index is 2.45. The van der Waals surface area contributed by atoms with Gasteiger partial charge in [0.1, 0.15) is 11.9 Å². The molecule has 0 bridgehead atoms. The lowest BCUT2D eigenvalue weighted by Gasteiger charge is -2.09. The molecule has 1 rings (SSSR count). The number of nitrogens with one attached hydrogen (secondary N) is 1. The first-order valence-corrected chi connectivity index (χ1v) is 4.96. The predicted molar refractivity (Wildman–Crippen MR) is 59.9 cm³/mol. The summed E-state index contributed by atoms with van der Waals surface area (Å²) in [7, 11) is 1.59. The number of hydrogen-bond donors (Lipinski definition) is 3. The molecule has 0 heterocycles. The van der Waals surface area contributed by atoms with Gasteiger partial charge in [-0.25, -0.2) is 0 Å². The highest BCUT2D eigenvalue weighted by atomic mass is 16.5. The van der Waals surface area contributed by atoms with Gasteiger partial charge in [-0.3, -0.25) is 4.79 Å². The Morgan fingerprint density at radius 3 is 2.62 bits per heavy atom. The summed E-state index contributed by atoms with van der Waals surface area (Å²) in [5, 5.41) is 11.7. The SMILES string of the molecule is COc1ccc(CNC(=O)C(O)CN)cc1. The second-order valence-electron chi connectivity index (χ2n) is 3.32. The molecule has 0 spiro atoms. The molecule has 5 heteroatoms. The number of methoxy groups -OCH3 is 1. The van der Waals surface area contributed by atoms with E-state index < -0.39 is 12.0 Å². The molecule has 1 unspecified atom stereocenters. The van der Waals surface area contributed by atoms with Gasteiger partial charge >= 0.3 is 0 Å². The summed E-state index contributed by atoms with van der Waals surface area (Å²) in [5.74, 6) is 0.301. The quantitative estimate of drug-likeness (QED) is 0.637. The maximum absolute atomic E-state index is 11.2. The number of carbonyl (C=O) groups is 1. The van der Waals surface area contributed by atoms with Crippen molar-refractivity contribution in [2.75, 3.05) is 13.7 Å². The molecule has 0 aromatic heterocycles. The van der Waals surface area contributed by atoms with Crippen molar-refractivity contribution >= 4 is 5.91 Å². The van der Waals surface area contributed by atoms with Crippen molar-refractivity contribution in [3.63, 3.8) is 0 Å². The summed E-state index contributed by atoms with van der Waals surface area (Å²) in [4.78, 5) is 11.2. The zero-order valence-corrected chi connectivity index (χ0v) is 9.14. The van der Waals surface area contributed by atoms with E-state index in [-0.39, 0.29) is 6.54 Å². The minimum atomic E-state index is -1.14. The molecule has 0 fully saturated rings. The van der Waals surface area contributed by atoms with Gasteiger partial charge in [0.15, 0.2) is 0 Å². The van der Waals surface area contributed by atoms with E-state index in [1.165, 1.54) is 0 Å². The van der Waals surface area contributed by atoms with Crippen molar-refractivity contribution in [3.8, 4) is 5.75 Å². The molecule has 88 valence electrons. The van der Waals surface area contributed by atoms with E-state index in [4.69, 9.17) is 15.6 Å². The summed E-state index contributed by atoms with van der Waals surface area (Å²) in [5.41, 5.74) is 6.08. The summed E-state index contributed by atoms with van der Waals surface area (Å²) in [6.45, 7) is 0.286. The fourth-order valence-corrected chi connectivity index (χ4v) is 1.16. The lowest BCUT2D eigenvalue weighted by Crippen LogP contribution is -2.38. The Labute approximate surface area is 94.2 Å². The maximum atomic E-state index is 11.2. The molecule has 1 amide bonds. The summed E-state index contributed by atoms with van der Waals surface area (Å²) in [6, 6.07) is 7.30. The van der Waals surface area contributed by atoms with Crippen LogP contribution in [0, 0.1) is 0 Å². The molecule has 0 saturated carbocycles. The van der Waals surface area contributed by atoms with E-state index >= 15 is 0 Å². The molecule has 0 aliphatic rings. The number of nitrogens with two attached hydrogens (primary N) is 1. The second-order valence-corrected chi connectivity index (χ2v) is 3.32. The molecule has 0 radical (unpaired) electrons. The van der Waals surface area contributed by atoms with Gasteiger partial charge in [-0.15, -0.1) is 0 Å². The van der Waals surface area contributed by atoms with E-state index in [1.807, 2.05) is 12.1 Å². The highest BCUT2D eigenvalue weighted by Gasteiger charge is 2.11. The zero-order chi connectivity index (χ0) is 12.0. The van der Waals surface area contributed by atoms with Crippen molar-refractivity contribution in [2.45, 2.75) is 12.6 Å². The van der Waals surface area contributed by atoms with Crippen molar-refractivity contribution in [3.05, 3.63) is 29.8 Å². The monoisotopic (exact) mass is 224 g/mol. The molecule has 5 nitrogen and oxygen atoms in total. The van der Waals surface area contributed by atoms with Crippen LogP contribution in [0.25, 0.3) is 0 Å². The van der Waals surface area contributed by atoms with Gasteiger partial charge in [0.25, 0.3) is 0 Å². The molecular formula is C11H16N2O3. The zero-order valence-electron chi connectivity index (χ0n) is 9.14. The van der Waals surface area contributed by atoms with Crippen LogP contribution in [-0.4, -0.2) is 30.8 Å². The van der Waals surface area contributed by atoms with Crippen LogP contribution in [-0.2, 0) is 11.3 Å². The molecule has 4 N–H and O–H groups in total.